The van der Waals surface area contributed by atoms with Crippen LogP contribution in [0.5, 0.6) is 0 Å². The quantitative estimate of drug-likeness (QED) is 0.0754. The van der Waals surface area contributed by atoms with E-state index in [1.54, 1.807) is 5.57 Å². The Hall–Kier alpha value is -2.30. The summed E-state index contributed by atoms with van der Waals surface area (Å²) in [5, 5.41) is 22.8. The van der Waals surface area contributed by atoms with Crippen LogP contribution in [-0.4, -0.2) is 77.4 Å². The number of hydrogen-bond donors (Lipinski definition) is 5. The first-order chi connectivity index (χ1) is 24.8. The van der Waals surface area contributed by atoms with E-state index in [2.05, 4.69) is 53.8 Å². The van der Waals surface area contributed by atoms with Crippen LogP contribution < -0.4 is 21.3 Å². The van der Waals surface area contributed by atoms with Gasteiger partial charge in [-0.1, -0.05) is 63.0 Å². The molecule has 5 N–H and O–H groups in total. The Balaban J connectivity index is 0.958. The van der Waals surface area contributed by atoms with Gasteiger partial charge in [-0.25, -0.2) is 4.79 Å². The summed E-state index contributed by atoms with van der Waals surface area (Å²) in [6.07, 6.45) is 20.5. The van der Waals surface area contributed by atoms with Gasteiger partial charge in [-0.15, -0.1) is 0 Å². The maximum Gasteiger partial charge on any atom is 0.315 e. The van der Waals surface area contributed by atoms with Crippen LogP contribution in [-0.2, 0) is 14.3 Å². The fourth-order valence-electron chi connectivity index (χ4n) is 10.0. The number of carbonyl (C=O) groups excluding carboxylic acids is 3. The summed E-state index contributed by atoms with van der Waals surface area (Å²) in [7, 11) is 0. The maximum atomic E-state index is 12.8. The van der Waals surface area contributed by atoms with Gasteiger partial charge in [0.2, 0.25) is 11.8 Å². The number of aliphatic hydroxyl groups is 1. The molecule has 3 saturated carbocycles. The van der Waals surface area contributed by atoms with Crippen molar-refractivity contribution in [3.05, 3.63) is 35.5 Å². The van der Waals surface area contributed by atoms with E-state index in [0.717, 1.165) is 63.0 Å². The predicted octanol–water partition coefficient (Wildman–Crippen LogP) is 7.11. The molecule has 52 heavy (non-hydrogen) atoms. The summed E-state index contributed by atoms with van der Waals surface area (Å²) in [6, 6.07) is 0.506. The van der Waals surface area contributed by atoms with Crippen molar-refractivity contribution in [2.75, 3.05) is 25.5 Å². The van der Waals surface area contributed by atoms with E-state index in [4.69, 9.17) is 4.74 Å². The lowest BCUT2D eigenvalue weighted by Crippen LogP contribution is -2.37. The van der Waals surface area contributed by atoms with Crippen molar-refractivity contribution in [3.63, 3.8) is 0 Å². The number of urea groups is 1. The van der Waals surface area contributed by atoms with Crippen LogP contribution in [0.2, 0.25) is 0 Å². The molecule has 292 valence electrons. The number of allylic oxidation sites excluding steroid dienone is 4. The molecule has 0 radical (unpaired) electrons. The fourth-order valence-corrected chi connectivity index (χ4v) is 11.5. The van der Waals surface area contributed by atoms with E-state index in [1.165, 1.54) is 49.7 Å². The zero-order valence-electron chi connectivity index (χ0n) is 32.5. The molecule has 10 heteroatoms. The number of thioether (sulfide) groups is 1. The highest BCUT2D eigenvalue weighted by Crippen LogP contribution is 2.60. The molecule has 2 heterocycles. The molecular formula is C42H68N4O5S. The lowest BCUT2D eigenvalue weighted by Gasteiger charge is -2.44. The van der Waals surface area contributed by atoms with Gasteiger partial charge in [0.15, 0.2) is 0 Å². The van der Waals surface area contributed by atoms with E-state index in [0.29, 0.717) is 55.1 Å². The Labute approximate surface area is 317 Å². The summed E-state index contributed by atoms with van der Waals surface area (Å²) in [5.74, 6) is 3.07. The Kier molecular flexibility index (Phi) is 14.8. The minimum Gasteiger partial charge on any atom is -0.390 e. The van der Waals surface area contributed by atoms with E-state index in [1.807, 2.05) is 25.6 Å². The molecule has 9 nitrogen and oxygen atoms in total. The first-order valence-corrected chi connectivity index (χ1v) is 21.5. The molecule has 5 aliphatic rings. The normalized spacial score (nSPS) is 32.3. The molecule has 5 rings (SSSR count). The molecule has 3 aliphatic carbocycles. The Morgan fingerprint density at radius 2 is 1.92 bits per heavy atom. The average Bonchev–Trinajstić information content (AvgIpc) is 3.76. The van der Waals surface area contributed by atoms with Gasteiger partial charge in [0.1, 0.15) is 0 Å². The molecule has 0 aromatic carbocycles. The van der Waals surface area contributed by atoms with Crippen LogP contribution >= 0.6 is 11.8 Å². The number of amides is 4. The molecule has 4 amide bonds. The Bertz CT molecular complexity index is 1330. The Morgan fingerprint density at radius 3 is 2.73 bits per heavy atom. The number of rotatable bonds is 18. The third-order valence-electron chi connectivity index (χ3n) is 12.9. The molecule has 8 atom stereocenters. The van der Waals surface area contributed by atoms with Gasteiger partial charge in [-0.3, -0.25) is 9.59 Å². The average molecular weight is 741 g/mol. The third kappa shape index (κ3) is 11.4. The van der Waals surface area contributed by atoms with Crippen molar-refractivity contribution in [1.29, 1.82) is 0 Å². The summed E-state index contributed by atoms with van der Waals surface area (Å²) in [6.45, 7) is 14.4. The van der Waals surface area contributed by atoms with Crippen molar-refractivity contribution < 1.29 is 24.2 Å². The van der Waals surface area contributed by atoms with Gasteiger partial charge in [0, 0.05) is 36.4 Å². The first kappa shape index (κ1) is 40.9. The van der Waals surface area contributed by atoms with Crippen LogP contribution in [0.4, 0.5) is 4.79 Å². The monoisotopic (exact) mass is 740 g/mol. The minimum absolute atomic E-state index is 0.00988. The van der Waals surface area contributed by atoms with Crippen molar-refractivity contribution in [2.45, 2.75) is 159 Å². The number of fused-ring (bicyclic) bond motifs is 2. The van der Waals surface area contributed by atoms with Crippen LogP contribution in [0, 0.1) is 23.2 Å². The SMILES string of the molecule is C=C1CC[C@@H](NC(=O)CCOCCNC(=O)CCCC[C@@H]2SC[C@@H]3NC(=O)N[C@@H]32)C/C1=C/C=C1\CCC[C@@]2(C)C1CC[C@@H]2C(C)CCCC(C)(C)O. The van der Waals surface area contributed by atoms with Gasteiger partial charge in [0.25, 0.3) is 0 Å². The third-order valence-corrected chi connectivity index (χ3v) is 14.4. The standard InChI is InChI=1S/C42H68N4O5S/c1-28-14-17-32(26-31(28)16-15-30-11-9-22-42(5)33(18-19-34(30)42)29(2)10-8-21-41(3,4)50)44-38(48)20-24-51-25-23-43-37(47)13-7-6-12-36-39-35(27-52-36)45-40(49)46-39/h15-16,29,32-36,39,50H,1,6-14,17-27H2,2-5H3,(H,43,47)(H,44,48)(H2,45,46,49)/b30-15+,31-16-/t29?,32-,33-,34?,35+,36+,39+,42-/m1/s1. The summed E-state index contributed by atoms with van der Waals surface area (Å²) < 4.78 is 5.67. The van der Waals surface area contributed by atoms with Crippen molar-refractivity contribution in [2.24, 2.45) is 23.2 Å². The van der Waals surface area contributed by atoms with Crippen LogP contribution in [0.3, 0.4) is 0 Å². The van der Waals surface area contributed by atoms with Gasteiger partial charge in [-0.05, 0) is 113 Å². The summed E-state index contributed by atoms with van der Waals surface area (Å²) in [5.41, 5.74) is 3.85. The molecule has 0 aromatic heterocycles. The second kappa shape index (κ2) is 18.8. The summed E-state index contributed by atoms with van der Waals surface area (Å²) in [4.78, 5) is 36.6. The van der Waals surface area contributed by atoms with Gasteiger partial charge in [0.05, 0.1) is 30.9 Å². The molecule has 0 spiro atoms. The number of ether oxygens (including phenoxy) is 1. The van der Waals surface area contributed by atoms with Crippen molar-refractivity contribution in [1.82, 2.24) is 21.3 Å². The number of hydrogen-bond acceptors (Lipinski definition) is 6. The van der Waals surface area contributed by atoms with Gasteiger partial charge in [-0.2, -0.15) is 11.8 Å². The first-order valence-electron chi connectivity index (χ1n) is 20.4. The highest BCUT2D eigenvalue weighted by atomic mass is 32.2. The van der Waals surface area contributed by atoms with Crippen molar-refractivity contribution in [3.8, 4) is 0 Å². The molecule has 0 bridgehead atoms. The predicted molar refractivity (Wildman–Crippen MR) is 211 cm³/mol. The Morgan fingerprint density at radius 1 is 1.10 bits per heavy atom. The molecule has 2 aliphatic heterocycles. The fraction of sp³-hybridized carbons (Fsp3) is 0.786. The summed E-state index contributed by atoms with van der Waals surface area (Å²) >= 11 is 1.90. The van der Waals surface area contributed by atoms with Crippen LogP contribution in [0.15, 0.2) is 35.5 Å². The van der Waals surface area contributed by atoms with E-state index >= 15 is 0 Å². The van der Waals surface area contributed by atoms with E-state index < -0.39 is 5.60 Å². The van der Waals surface area contributed by atoms with Gasteiger partial charge < -0.3 is 31.1 Å². The zero-order valence-corrected chi connectivity index (χ0v) is 33.4. The lowest BCUT2D eigenvalue weighted by atomic mass is 9.60. The maximum absolute atomic E-state index is 12.8. The number of nitrogens with one attached hydrogen (secondary N) is 4. The van der Waals surface area contributed by atoms with E-state index in [-0.39, 0.29) is 36.0 Å². The zero-order chi connectivity index (χ0) is 37.3. The second-order valence-corrected chi connectivity index (χ2v) is 18.7. The highest BCUT2D eigenvalue weighted by molar-refractivity contribution is 8.00. The van der Waals surface area contributed by atoms with Crippen LogP contribution in [0.1, 0.15) is 130 Å². The molecule has 2 saturated heterocycles. The lowest BCUT2D eigenvalue weighted by molar-refractivity contribution is -0.124. The number of carbonyl (C=O) groups is 3. The topological polar surface area (TPSA) is 129 Å². The van der Waals surface area contributed by atoms with Crippen molar-refractivity contribution >= 4 is 29.6 Å². The molecule has 2 unspecified atom stereocenters. The largest absolute Gasteiger partial charge is 0.390 e. The van der Waals surface area contributed by atoms with Gasteiger partial charge >= 0.3 is 6.03 Å². The van der Waals surface area contributed by atoms with Crippen LogP contribution in [0.25, 0.3) is 0 Å². The second-order valence-electron chi connectivity index (χ2n) is 17.4. The number of unbranched alkanes of at least 4 members (excludes halogenated alkanes) is 1. The smallest absolute Gasteiger partial charge is 0.315 e. The highest BCUT2D eigenvalue weighted by Gasteiger charge is 2.50. The molecule has 5 fully saturated rings. The minimum atomic E-state index is -0.575. The molecular weight excluding hydrogens is 673 g/mol. The van der Waals surface area contributed by atoms with E-state index in [9.17, 15) is 19.5 Å². The molecule has 0 aromatic rings.